The number of nitrogens with zero attached hydrogens (tertiary/aromatic N) is 2. The summed E-state index contributed by atoms with van der Waals surface area (Å²) in [6, 6.07) is 6.74. The molecule has 1 fully saturated rings. The van der Waals surface area contributed by atoms with Crippen molar-refractivity contribution in [2.75, 3.05) is 13.3 Å². The number of ether oxygens (including phenoxy) is 1. The Hall–Kier alpha value is -1.64. The first-order valence-electron chi connectivity index (χ1n) is 8.97. The highest BCUT2D eigenvalue weighted by atomic mass is 35.5. The molecular weight excluding hydrogens is 420 g/mol. The van der Waals surface area contributed by atoms with Crippen molar-refractivity contribution < 1.29 is 17.9 Å². The molecule has 1 aliphatic carbocycles. The normalized spacial score (nSPS) is 19.6. The molecule has 2 aromatic rings. The van der Waals surface area contributed by atoms with E-state index in [0.717, 1.165) is 6.42 Å². The van der Waals surface area contributed by atoms with Crippen molar-refractivity contribution >= 4 is 38.7 Å². The van der Waals surface area contributed by atoms with Crippen molar-refractivity contribution in [2.45, 2.75) is 44.1 Å². The Labute approximate surface area is 174 Å². The summed E-state index contributed by atoms with van der Waals surface area (Å²) in [7, 11) is -1.52. The van der Waals surface area contributed by atoms with Gasteiger partial charge in [-0.3, -0.25) is 4.79 Å². The summed E-state index contributed by atoms with van der Waals surface area (Å²) in [6.45, 7) is 2.03. The van der Waals surface area contributed by atoms with E-state index < -0.39 is 15.1 Å². The Morgan fingerprint density at radius 2 is 2.00 bits per heavy atom. The van der Waals surface area contributed by atoms with E-state index in [1.54, 1.807) is 43.1 Å². The van der Waals surface area contributed by atoms with E-state index in [2.05, 4.69) is 4.98 Å². The molecule has 28 heavy (non-hydrogen) atoms. The number of aromatic nitrogens is 1. The maximum absolute atomic E-state index is 13.0. The largest absolute Gasteiger partial charge is 0.486 e. The number of hydrogen-bond donors (Lipinski definition) is 0. The summed E-state index contributed by atoms with van der Waals surface area (Å²) in [6.07, 6.45) is 3.35. The van der Waals surface area contributed by atoms with Crippen LogP contribution in [0.1, 0.15) is 39.6 Å². The van der Waals surface area contributed by atoms with Gasteiger partial charge in [-0.1, -0.05) is 11.6 Å². The van der Waals surface area contributed by atoms with Crippen LogP contribution in [-0.2, 0) is 16.4 Å². The molecule has 9 heteroatoms. The topological polar surface area (TPSA) is 76.6 Å². The van der Waals surface area contributed by atoms with Gasteiger partial charge in [-0.2, -0.15) is 0 Å². The number of carbonyl (C=O) groups is 1. The number of sulfone groups is 1. The van der Waals surface area contributed by atoms with Gasteiger partial charge in [0.15, 0.2) is 9.84 Å². The maximum atomic E-state index is 13.0. The second kappa shape index (κ2) is 8.39. The van der Waals surface area contributed by atoms with Gasteiger partial charge in [0.2, 0.25) is 0 Å². The van der Waals surface area contributed by atoms with Crippen molar-refractivity contribution in [3.05, 3.63) is 44.9 Å². The van der Waals surface area contributed by atoms with Crippen LogP contribution in [0.2, 0.25) is 5.02 Å². The summed E-state index contributed by atoms with van der Waals surface area (Å²) in [5.41, 5.74) is 0.630. The predicted molar refractivity (Wildman–Crippen MR) is 111 cm³/mol. The average Bonchev–Trinajstić information content (AvgIpc) is 3.26. The van der Waals surface area contributed by atoms with Gasteiger partial charge in [0.05, 0.1) is 10.9 Å². The van der Waals surface area contributed by atoms with Crippen molar-refractivity contribution in [3.8, 4) is 5.75 Å². The van der Waals surface area contributed by atoms with E-state index in [4.69, 9.17) is 16.3 Å². The van der Waals surface area contributed by atoms with E-state index >= 15 is 0 Å². The fourth-order valence-corrected chi connectivity index (χ4v) is 6.12. The SMILES string of the molecule is Cc1nc(COc2ccc(Cl)cc2)sc1C(=O)N(C)[C@H]1CCC[C@H]1S(C)(=O)=O. The van der Waals surface area contributed by atoms with Crippen LogP contribution in [0.3, 0.4) is 0 Å². The lowest BCUT2D eigenvalue weighted by molar-refractivity contribution is 0.0741. The van der Waals surface area contributed by atoms with Gasteiger partial charge < -0.3 is 9.64 Å². The highest BCUT2D eigenvalue weighted by Crippen LogP contribution is 2.31. The van der Waals surface area contributed by atoms with E-state index in [0.29, 0.717) is 39.2 Å². The molecule has 1 amide bonds. The number of hydrogen-bond acceptors (Lipinski definition) is 6. The third kappa shape index (κ3) is 4.67. The molecule has 152 valence electrons. The van der Waals surface area contributed by atoms with Crippen LogP contribution in [0.4, 0.5) is 0 Å². The molecular formula is C19H23ClN2O4S2. The lowest BCUT2D eigenvalue weighted by Crippen LogP contribution is -2.44. The van der Waals surface area contributed by atoms with Gasteiger partial charge in [0.25, 0.3) is 5.91 Å². The second-order valence-corrected chi connectivity index (χ2v) is 10.8. The molecule has 2 atom stereocenters. The molecule has 0 unspecified atom stereocenters. The maximum Gasteiger partial charge on any atom is 0.265 e. The zero-order valence-electron chi connectivity index (χ0n) is 16.0. The van der Waals surface area contributed by atoms with Gasteiger partial charge >= 0.3 is 0 Å². The van der Waals surface area contributed by atoms with Crippen molar-refractivity contribution in [1.82, 2.24) is 9.88 Å². The molecule has 0 bridgehead atoms. The van der Waals surface area contributed by atoms with Gasteiger partial charge in [-0.05, 0) is 50.5 Å². The smallest absolute Gasteiger partial charge is 0.265 e. The summed E-state index contributed by atoms with van der Waals surface area (Å²) >= 11 is 7.15. The fourth-order valence-electron chi connectivity index (χ4n) is 3.55. The average molecular weight is 443 g/mol. The number of amides is 1. The molecule has 1 aromatic carbocycles. The first-order valence-corrected chi connectivity index (χ1v) is 12.1. The van der Waals surface area contributed by atoms with Crippen LogP contribution in [0.15, 0.2) is 24.3 Å². The van der Waals surface area contributed by atoms with E-state index in [-0.39, 0.29) is 18.6 Å². The highest BCUT2D eigenvalue weighted by molar-refractivity contribution is 7.91. The zero-order chi connectivity index (χ0) is 20.5. The third-order valence-electron chi connectivity index (χ3n) is 5.00. The summed E-state index contributed by atoms with van der Waals surface area (Å²) in [5, 5.41) is 0.824. The highest BCUT2D eigenvalue weighted by Gasteiger charge is 2.39. The Morgan fingerprint density at radius 3 is 2.64 bits per heavy atom. The Kier molecular flexibility index (Phi) is 6.31. The molecule has 1 aromatic heterocycles. The van der Waals surface area contributed by atoms with E-state index in [1.165, 1.54) is 17.6 Å². The van der Waals surface area contributed by atoms with Gasteiger partial charge in [-0.25, -0.2) is 13.4 Å². The zero-order valence-corrected chi connectivity index (χ0v) is 18.4. The quantitative estimate of drug-likeness (QED) is 0.681. The Balaban J connectivity index is 1.71. The predicted octanol–water partition coefficient (Wildman–Crippen LogP) is 3.72. The van der Waals surface area contributed by atoms with Crippen LogP contribution >= 0.6 is 22.9 Å². The minimum atomic E-state index is -3.20. The summed E-state index contributed by atoms with van der Waals surface area (Å²) in [5.74, 6) is 0.484. The third-order valence-corrected chi connectivity index (χ3v) is 8.02. The van der Waals surface area contributed by atoms with Crippen molar-refractivity contribution in [3.63, 3.8) is 0 Å². The van der Waals surface area contributed by atoms with Crippen molar-refractivity contribution in [1.29, 1.82) is 0 Å². The fraction of sp³-hybridized carbons (Fsp3) is 0.474. The number of benzene rings is 1. The second-order valence-electron chi connectivity index (χ2n) is 7.05. The number of aryl methyl sites for hydroxylation is 1. The molecule has 1 saturated carbocycles. The lowest BCUT2D eigenvalue weighted by Gasteiger charge is -2.28. The molecule has 1 heterocycles. The van der Waals surface area contributed by atoms with E-state index in [1.807, 2.05) is 0 Å². The Morgan fingerprint density at radius 1 is 1.32 bits per heavy atom. The Bertz CT molecular complexity index is 957. The minimum Gasteiger partial charge on any atom is -0.486 e. The lowest BCUT2D eigenvalue weighted by atomic mass is 10.2. The molecule has 6 nitrogen and oxygen atoms in total. The molecule has 0 N–H and O–H groups in total. The van der Waals surface area contributed by atoms with Crippen LogP contribution in [0, 0.1) is 6.92 Å². The number of rotatable bonds is 6. The molecule has 0 aliphatic heterocycles. The van der Waals surface area contributed by atoms with Crippen LogP contribution < -0.4 is 4.74 Å². The monoisotopic (exact) mass is 442 g/mol. The van der Waals surface area contributed by atoms with Crippen LogP contribution in [0.25, 0.3) is 0 Å². The van der Waals surface area contributed by atoms with Gasteiger partial charge in [0, 0.05) is 24.4 Å². The number of thiazole rings is 1. The van der Waals surface area contributed by atoms with Gasteiger partial charge in [-0.15, -0.1) is 11.3 Å². The van der Waals surface area contributed by atoms with E-state index in [9.17, 15) is 13.2 Å². The standard InChI is InChI=1S/C19H23ClN2O4S2/c1-12-18(19(23)22(2)15-5-4-6-16(15)28(3,24)25)27-17(21-12)11-26-14-9-7-13(20)8-10-14/h7-10,15-16H,4-6,11H2,1-3H3/t15-,16+/m0/s1. The molecule has 3 rings (SSSR count). The van der Waals surface area contributed by atoms with Crippen molar-refractivity contribution in [2.24, 2.45) is 0 Å². The minimum absolute atomic E-state index is 0.187. The molecule has 1 aliphatic rings. The number of halogens is 1. The summed E-state index contributed by atoms with van der Waals surface area (Å²) < 4.78 is 29.8. The summed E-state index contributed by atoms with van der Waals surface area (Å²) in [4.78, 5) is 19.5. The van der Waals surface area contributed by atoms with Gasteiger partial charge in [0.1, 0.15) is 22.2 Å². The number of carbonyl (C=O) groups excluding carboxylic acids is 1. The molecule has 0 spiro atoms. The molecule has 0 saturated heterocycles. The van der Waals surface area contributed by atoms with Crippen LogP contribution in [0.5, 0.6) is 5.75 Å². The van der Waals surface area contributed by atoms with Crippen LogP contribution in [-0.4, -0.2) is 48.8 Å². The first-order chi connectivity index (χ1) is 13.2. The first kappa shape index (κ1) is 21.1. The molecule has 0 radical (unpaired) electrons.